The number of likely N-dealkylation sites (N-methyl/N-ethyl adjacent to an activating group) is 1. The summed E-state index contributed by atoms with van der Waals surface area (Å²) >= 11 is 0. The summed E-state index contributed by atoms with van der Waals surface area (Å²) in [5.41, 5.74) is 1.40. The summed E-state index contributed by atoms with van der Waals surface area (Å²) in [5, 5.41) is 0. The predicted molar refractivity (Wildman–Crippen MR) is 107 cm³/mol. The summed E-state index contributed by atoms with van der Waals surface area (Å²) in [6, 6.07) is 12.6. The van der Waals surface area contributed by atoms with Gasteiger partial charge >= 0.3 is 12.0 Å². The number of anilines is 1. The largest absolute Gasteiger partial charge is 0.465 e. The first-order chi connectivity index (χ1) is 13.6. The van der Waals surface area contributed by atoms with Crippen molar-refractivity contribution >= 4 is 17.8 Å². The van der Waals surface area contributed by atoms with Gasteiger partial charge in [0, 0.05) is 25.8 Å². The fraction of sp³-hybridized carbons (Fsp3) is 0.381. The van der Waals surface area contributed by atoms with Crippen LogP contribution < -0.4 is 4.90 Å². The maximum absolute atomic E-state index is 13.3. The van der Waals surface area contributed by atoms with E-state index < -0.39 is 0 Å². The van der Waals surface area contributed by atoms with Gasteiger partial charge in [-0.3, -0.25) is 4.90 Å². The number of esters is 1. The molecule has 2 aromatic rings. The minimum Gasteiger partial charge on any atom is -0.465 e. The fourth-order valence-corrected chi connectivity index (χ4v) is 3.22. The monoisotopic (exact) mass is 382 g/mol. The van der Waals surface area contributed by atoms with Crippen molar-refractivity contribution in [3.05, 3.63) is 59.8 Å². The summed E-state index contributed by atoms with van der Waals surface area (Å²) in [7, 11) is 3.43. The molecule has 2 amide bonds. The summed E-state index contributed by atoms with van der Waals surface area (Å²) < 4.78 is 4.74. The first-order valence-electron chi connectivity index (χ1n) is 9.42. The Morgan fingerprint density at radius 1 is 1.07 bits per heavy atom. The van der Waals surface area contributed by atoms with E-state index in [4.69, 9.17) is 4.74 Å². The lowest BCUT2D eigenvalue weighted by Crippen LogP contribution is -2.44. The molecule has 148 valence electrons. The van der Waals surface area contributed by atoms with Gasteiger partial charge in [0.25, 0.3) is 0 Å². The van der Waals surface area contributed by atoms with Gasteiger partial charge < -0.3 is 14.5 Å². The van der Waals surface area contributed by atoms with Gasteiger partial charge in [0.15, 0.2) is 0 Å². The molecular formula is C21H26N4O3. The zero-order valence-electron chi connectivity index (χ0n) is 16.4. The number of carbonyl (C=O) groups excluding carboxylic acids is 2. The summed E-state index contributed by atoms with van der Waals surface area (Å²) in [6.45, 7) is 3.65. The molecule has 0 radical (unpaired) electrons. The van der Waals surface area contributed by atoms with Crippen LogP contribution in [0, 0.1) is 0 Å². The highest BCUT2D eigenvalue weighted by Gasteiger charge is 2.25. The molecule has 7 heteroatoms. The van der Waals surface area contributed by atoms with Crippen molar-refractivity contribution in [2.45, 2.75) is 13.0 Å². The number of aromatic nitrogens is 1. The van der Waals surface area contributed by atoms with Crippen LogP contribution in [0.5, 0.6) is 0 Å². The summed E-state index contributed by atoms with van der Waals surface area (Å²) in [4.78, 5) is 35.1. The number of benzene rings is 1. The van der Waals surface area contributed by atoms with Crippen LogP contribution in [-0.4, -0.2) is 67.1 Å². The van der Waals surface area contributed by atoms with Gasteiger partial charge in [0.2, 0.25) is 0 Å². The van der Waals surface area contributed by atoms with E-state index >= 15 is 0 Å². The molecule has 3 rings (SSSR count). The smallest absolute Gasteiger partial charge is 0.337 e. The van der Waals surface area contributed by atoms with E-state index in [1.54, 1.807) is 23.2 Å². The van der Waals surface area contributed by atoms with Crippen molar-refractivity contribution < 1.29 is 14.3 Å². The highest BCUT2D eigenvalue weighted by atomic mass is 16.5. The molecule has 0 bridgehead atoms. The first kappa shape index (κ1) is 19.8. The van der Waals surface area contributed by atoms with E-state index in [0.717, 1.165) is 31.6 Å². The fourth-order valence-electron chi connectivity index (χ4n) is 3.22. The molecule has 0 N–H and O–H groups in total. The normalized spacial score (nSPS) is 15.0. The second-order valence-electron chi connectivity index (χ2n) is 6.89. The van der Waals surface area contributed by atoms with Crippen LogP contribution in [0.15, 0.2) is 48.7 Å². The van der Waals surface area contributed by atoms with Crippen molar-refractivity contribution in [2.75, 3.05) is 45.2 Å². The van der Waals surface area contributed by atoms with Gasteiger partial charge in [-0.1, -0.05) is 18.2 Å². The molecule has 7 nitrogen and oxygen atoms in total. The van der Waals surface area contributed by atoms with Gasteiger partial charge in [-0.25, -0.2) is 14.6 Å². The zero-order valence-corrected chi connectivity index (χ0v) is 16.4. The molecule has 0 atom stereocenters. The highest BCUT2D eigenvalue weighted by molar-refractivity contribution is 5.91. The molecule has 0 aliphatic carbocycles. The number of hydrogen-bond acceptors (Lipinski definition) is 5. The number of urea groups is 1. The summed E-state index contributed by atoms with van der Waals surface area (Å²) in [6.07, 6.45) is 2.64. The Hall–Kier alpha value is -2.93. The molecular weight excluding hydrogens is 356 g/mol. The van der Waals surface area contributed by atoms with E-state index in [9.17, 15) is 9.59 Å². The van der Waals surface area contributed by atoms with Crippen LogP contribution in [0.1, 0.15) is 22.3 Å². The Balaban J connectivity index is 1.81. The van der Waals surface area contributed by atoms with Crippen LogP contribution in [0.3, 0.4) is 0 Å². The maximum atomic E-state index is 13.3. The Morgan fingerprint density at radius 3 is 2.54 bits per heavy atom. The number of rotatable bonds is 4. The molecule has 1 aromatic heterocycles. The van der Waals surface area contributed by atoms with E-state index in [2.05, 4.69) is 16.9 Å². The van der Waals surface area contributed by atoms with Crippen molar-refractivity contribution in [1.29, 1.82) is 0 Å². The van der Waals surface area contributed by atoms with Gasteiger partial charge in [0.05, 0.1) is 19.2 Å². The average molecular weight is 382 g/mol. The van der Waals surface area contributed by atoms with Crippen molar-refractivity contribution in [3.63, 3.8) is 0 Å². The minimum atomic E-state index is -0.377. The molecule has 1 aromatic carbocycles. The Kier molecular flexibility index (Phi) is 6.60. The quantitative estimate of drug-likeness (QED) is 0.761. The molecule has 1 fully saturated rings. The second kappa shape index (κ2) is 9.32. The molecule has 0 unspecified atom stereocenters. The standard InChI is InChI=1S/C21H26N4O3/c1-23-12-5-13-24(15-14-23)21(27)25(19-6-3-4-11-22-19)16-17-7-9-18(10-8-17)20(26)28-2/h3-4,6-11H,5,12-16H2,1-2H3. The minimum absolute atomic E-state index is 0.0500. The maximum Gasteiger partial charge on any atom is 0.337 e. The third-order valence-corrected chi connectivity index (χ3v) is 4.86. The lowest BCUT2D eigenvalue weighted by molar-refractivity contribution is 0.0600. The molecule has 1 aliphatic rings. The van der Waals surface area contributed by atoms with Gasteiger partial charge in [-0.05, 0) is 49.8 Å². The molecule has 0 saturated carbocycles. The zero-order chi connectivity index (χ0) is 19.9. The lowest BCUT2D eigenvalue weighted by atomic mass is 10.1. The molecule has 2 heterocycles. The highest BCUT2D eigenvalue weighted by Crippen LogP contribution is 2.18. The molecule has 28 heavy (non-hydrogen) atoms. The van der Waals surface area contributed by atoms with Crippen LogP contribution >= 0.6 is 0 Å². The lowest BCUT2D eigenvalue weighted by Gasteiger charge is -2.29. The van der Waals surface area contributed by atoms with Crippen LogP contribution in [0.2, 0.25) is 0 Å². The van der Waals surface area contributed by atoms with Gasteiger partial charge in [-0.2, -0.15) is 0 Å². The number of pyridine rings is 1. The molecule has 1 aliphatic heterocycles. The summed E-state index contributed by atoms with van der Waals surface area (Å²) in [5.74, 6) is 0.236. The first-order valence-corrected chi connectivity index (χ1v) is 9.42. The molecule has 0 spiro atoms. The number of nitrogens with zero attached hydrogens (tertiary/aromatic N) is 4. The van der Waals surface area contributed by atoms with E-state index in [1.807, 2.05) is 35.2 Å². The van der Waals surface area contributed by atoms with Crippen molar-refractivity contribution in [1.82, 2.24) is 14.8 Å². The number of methoxy groups -OCH3 is 1. The topological polar surface area (TPSA) is 66.0 Å². The number of carbonyl (C=O) groups is 2. The van der Waals surface area contributed by atoms with E-state index in [-0.39, 0.29) is 12.0 Å². The van der Waals surface area contributed by atoms with E-state index in [0.29, 0.717) is 24.5 Å². The molecule has 1 saturated heterocycles. The number of hydrogen-bond donors (Lipinski definition) is 0. The van der Waals surface area contributed by atoms with E-state index in [1.165, 1.54) is 7.11 Å². The number of amides is 2. The van der Waals surface area contributed by atoms with Crippen LogP contribution in [-0.2, 0) is 11.3 Å². The Morgan fingerprint density at radius 2 is 1.86 bits per heavy atom. The predicted octanol–water partition coefficient (Wildman–Crippen LogP) is 2.63. The van der Waals surface area contributed by atoms with Gasteiger partial charge in [-0.15, -0.1) is 0 Å². The third-order valence-electron chi connectivity index (χ3n) is 4.86. The Bertz CT molecular complexity index is 795. The van der Waals surface area contributed by atoms with Crippen LogP contribution in [0.4, 0.5) is 10.6 Å². The second-order valence-corrected chi connectivity index (χ2v) is 6.89. The van der Waals surface area contributed by atoms with Crippen molar-refractivity contribution in [3.8, 4) is 0 Å². The number of ether oxygens (including phenoxy) is 1. The van der Waals surface area contributed by atoms with Gasteiger partial charge in [0.1, 0.15) is 5.82 Å². The average Bonchev–Trinajstić information content (AvgIpc) is 2.96. The van der Waals surface area contributed by atoms with Crippen LogP contribution in [0.25, 0.3) is 0 Å². The third kappa shape index (κ3) is 4.86. The van der Waals surface area contributed by atoms with Crippen molar-refractivity contribution in [2.24, 2.45) is 0 Å². The Labute approximate surface area is 165 Å². The SMILES string of the molecule is COC(=O)c1ccc(CN(C(=O)N2CCCN(C)CC2)c2ccccn2)cc1.